The van der Waals surface area contributed by atoms with E-state index in [0.29, 0.717) is 0 Å². The smallest absolute Gasteiger partial charge is 0.0163 e. The summed E-state index contributed by atoms with van der Waals surface area (Å²) < 4.78 is 0. The van der Waals surface area contributed by atoms with Gasteiger partial charge in [-0.2, -0.15) is 0 Å². The Kier molecular flexibility index (Phi) is 5.09. The molecule has 0 saturated carbocycles. The Morgan fingerprint density at radius 2 is 1.92 bits per heavy atom. The third kappa shape index (κ3) is 3.91. The Morgan fingerprint density at radius 1 is 1.17 bits per heavy atom. The van der Waals surface area contributed by atoms with E-state index in [0.717, 1.165) is 0 Å². The number of hydrogen-bond acceptors (Lipinski definition) is 1. The van der Waals surface area contributed by atoms with E-state index in [1.807, 2.05) is 0 Å². The van der Waals surface area contributed by atoms with Gasteiger partial charge < -0.3 is 0 Å². The summed E-state index contributed by atoms with van der Waals surface area (Å²) in [5.74, 6) is 0. The molecular weight excluding hydrogens is 146 g/mol. The normalized spacial score (nSPS) is 19.4. The molecule has 0 aromatic heterocycles. The fourth-order valence-electron chi connectivity index (χ4n) is 1.63. The van der Waals surface area contributed by atoms with E-state index in [9.17, 15) is 0 Å². The van der Waals surface area contributed by atoms with Crippen LogP contribution in [0.15, 0.2) is 12.2 Å². The Bertz CT molecular complexity index is 123. The fourth-order valence-corrected chi connectivity index (χ4v) is 1.63. The molecule has 1 aliphatic heterocycles. The van der Waals surface area contributed by atoms with Crippen molar-refractivity contribution in [2.75, 3.05) is 19.6 Å². The van der Waals surface area contributed by atoms with E-state index in [-0.39, 0.29) is 0 Å². The van der Waals surface area contributed by atoms with Crippen LogP contribution in [0.1, 0.15) is 39.0 Å². The second-order valence-corrected chi connectivity index (χ2v) is 3.62. The highest BCUT2D eigenvalue weighted by molar-refractivity contribution is 4.85. The van der Waals surface area contributed by atoms with E-state index >= 15 is 0 Å². The van der Waals surface area contributed by atoms with E-state index in [2.05, 4.69) is 24.0 Å². The van der Waals surface area contributed by atoms with Crippen LogP contribution in [-0.4, -0.2) is 24.5 Å². The van der Waals surface area contributed by atoms with Crippen molar-refractivity contribution in [1.29, 1.82) is 0 Å². The minimum atomic E-state index is 1.18. The molecule has 0 amide bonds. The quantitative estimate of drug-likeness (QED) is 0.449. The lowest BCUT2D eigenvalue weighted by molar-refractivity contribution is 0.377. The number of hydrogen-bond donors (Lipinski definition) is 0. The molecular formula is C11H21N. The molecule has 1 fully saturated rings. The highest BCUT2D eigenvalue weighted by Gasteiger charge is 2.08. The van der Waals surface area contributed by atoms with Crippen molar-refractivity contribution in [3.8, 4) is 0 Å². The Morgan fingerprint density at radius 3 is 2.58 bits per heavy atom. The molecule has 70 valence electrons. The Labute approximate surface area is 76.5 Å². The lowest BCUT2D eigenvalue weighted by atomic mass is 10.2. The molecule has 1 heteroatoms. The first-order valence-electron chi connectivity index (χ1n) is 5.31. The van der Waals surface area contributed by atoms with Gasteiger partial charge in [-0.1, -0.05) is 31.9 Å². The molecule has 12 heavy (non-hydrogen) atoms. The van der Waals surface area contributed by atoms with Gasteiger partial charge in [-0.15, -0.1) is 0 Å². The van der Waals surface area contributed by atoms with Crippen LogP contribution in [0.4, 0.5) is 0 Å². The summed E-state index contributed by atoms with van der Waals surface area (Å²) in [6.45, 7) is 6.06. The van der Waals surface area contributed by atoms with Gasteiger partial charge in [-0.3, -0.25) is 4.90 Å². The van der Waals surface area contributed by atoms with E-state index in [4.69, 9.17) is 0 Å². The van der Waals surface area contributed by atoms with Gasteiger partial charge >= 0.3 is 0 Å². The molecule has 1 aliphatic rings. The van der Waals surface area contributed by atoms with Gasteiger partial charge in [0.15, 0.2) is 0 Å². The first-order valence-corrected chi connectivity index (χ1v) is 5.31. The summed E-state index contributed by atoms with van der Waals surface area (Å²) in [5.41, 5.74) is 0. The molecule has 1 saturated heterocycles. The average Bonchev–Trinajstić information content (AvgIpc) is 2.57. The Hall–Kier alpha value is -0.300. The summed E-state index contributed by atoms with van der Waals surface area (Å²) in [6, 6.07) is 0. The van der Waals surface area contributed by atoms with Gasteiger partial charge in [0, 0.05) is 6.54 Å². The minimum Gasteiger partial charge on any atom is -0.300 e. The largest absolute Gasteiger partial charge is 0.300 e. The highest BCUT2D eigenvalue weighted by Crippen LogP contribution is 2.06. The van der Waals surface area contributed by atoms with Crippen molar-refractivity contribution < 1.29 is 0 Å². The van der Waals surface area contributed by atoms with E-state index < -0.39 is 0 Å². The molecule has 0 aromatic carbocycles. The third-order valence-electron chi connectivity index (χ3n) is 2.45. The summed E-state index contributed by atoms with van der Waals surface area (Å²) in [5, 5.41) is 0. The molecule has 0 aromatic rings. The van der Waals surface area contributed by atoms with Crippen LogP contribution in [0.3, 0.4) is 0 Å². The average molecular weight is 167 g/mol. The van der Waals surface area contributed by atoms with Crippen molar-refractivity contribution in [2.24, 2.45) is 0 Å². The van der Waals surface area contributed by atoms with Crippen LogP contribution in [0, 0.1) is 0 Å². The van der Waals surface area contributed by atoms with Crippen LogP contribution in [-0.2, 0) is 0 Å². The highest BCUT2D eigenvalue weighted by atomic mass is 15.1. The Balaban J connectivity index is 1.96. The van der Waals surface area contributed by atoms with Crippen molar-refractivity contribution in [1.82, 2.24) is 4.90 Å². The maximum absolute atomic E-state index is 2.53. The lowest BCUT2D eigenvalue weighted by Gasteiger charge is -2.10. The topological polar surface area (TPSA) is 3.24 Å². The molecule has 1 nitrogen and oxygen atoms in total. The monoisotopic (exact) mass is 167 g/mol. The number of unbranched alkanes of at least 4 members (excludes halogenated alkanes) is 2. The van der Waals surface area contributed by atoms with Gasteiger partial charge in [-0.05, 0) is 32.4 Å². The van der Waals surface area contributed by atoms with Crippen LogP contribution >= 0.6 is 0 Å². The zero-order chi connectivity index (χ0) is 8.65. The van der Waals surface area contributed by atoms with Crippen molar-refractivity contribution >= 4 is 0 Å². The zero-order valence-corrected chi connectivity index (χ0v) is 8.26. The van der Waals surface area contributed by atoms with Gasteiger partial charge in [0.2, 0.25) is 0 Å². The molecule has 0 radical (unpaired) electrons. The number of likely N-dealkylation sites (tertiary alicyclic amines) is 1. The van der Waals surface area contributed by atoms with E-state index in [1.165, 1.54) is 51.7 Å². The standard InChI is InChI=1S/C11H21N/c1-2-3-4-5-6-9-12-10-7-8-11-12/h5-6H,2-4,7-11H2,1H3. The molecule has 0 N–H and O–H groups in total. The van der Waals surface area contributed by atoms with Crippen LogP contribution in [0.2, 0.25) is 0 Å². The fraction of sp³-hybridized carbons (Fsp3) is 0.818. The van der Waals surface area contributed by atoms with Gasteiger partial charge in [0.25, 0.3) is 0 Å². The van der Waals surface area contributed by atoms with Crippen molar-refractivity contribution in [3.05, 3.63) is 12.2 Å². The van der Waals surface area contributed by atoms with Crippen LogP contribution in [0.5, 0.6) is 0 Å². The summed E-state index contributed by atoms with van der Waals surface area (Å²) in [7, 11) is 0. The first kappa shape index (κ1) is 9.79. The maximum Gasteiger partial charge on any atom is 0.0163 e. The lowest BCUT2D eigenvalue weighted by Crippen LogP contribution is -2.18. The third-order valence-corrected chi connectivity index (χ3v) is 2.45. The summed E-state index contributed by atoms with van der Waals surface area (Å²) in [4.78, 5) is 2.53. The SMILES string of the molecule is CCCCC=CCN1CCCC1. The molecule has 1 rings (SSSR count). The van der Waals surface area contributed by atoms with Gasteiger partial charge in [0.05, 0.1) is 0 Å². The van der Waals surface area contributed by atoms with Crippen LogP contribution in [0.25, 0.3) is 0 Å². The molecule has 0 bridgehead atoms. The summed E-state index contributed by atoms with van der Waals surface area (Å²) in [6.07, 6.45) is 11.4. The zero-order valence-electron chi connectivity index (χ0n) is 8.26. The maximum atomic E-state index is 2.53. The molecule has 0 spiro atoms. The van der Waals surface area contributed by atoms with Crippen LogP contribution < -0.4 is 0 Å². The molecule has 0 unspecified atom stereocenters. The van der Waals surface area contributed by atoms with Gasteiger partial charge in [0.1, 0.15) is 0 Å². The molecule has 0 atom stereocenters. The second kappa shape index (κ2) is 6.24. The van der Waals surface area contributed by atoms with Crippen molar-refractivity contribution in [2.45, 2.75) is 39.0 Å². The first-order chi connectivity index (χ1) is 5.93. The predicted molar refractivity (Wildman–Crippen MR) is 54.3 cm³/mol. The number of nitrogens with zero attached hydrogens (tertiary/aromatic N) is 1. The number of rotatable bonds is 5. The number of allylic oxidation sites excluding steroid dienone is 1. The van der Waals surface area contributed by atoms with E-state index in [1.54, 1.807) is 0 Å². The minimum absolute atomic E-state index is 1.18. The van der Waals surface area contributed by atoms with Crippen molar-refractivity contribution in [3.63, 3.8) is 0 Å². The predicted octanol–water partition coefficient (Wildman–Crippen LogP) is 2.83. The molecule has 1 heterocycles. The molecule has 0 aliphatic carbocycles. The van der Waals surface area contributed by atoms with Gasteiger partial charge in [-0.25, -0.2) is 0 Å². The second-order valence-electron chi connectivity index (χ2n) is 3.62. The summed E-state index contributed by atoms with van der Waals surface area (Å²) >= 11 is 0.